The Balaban J connectivity index is 2.41. The van der Waals surface area contributed by atoms with Crippen molar-refractivity contribution < 1.29 is 0 Å². The molecule has 0 fully saturated rings. The first-order valence-electron chi connectivity index (χ1n) is 4.69. The molecule has 0 aromatic rings. The van der Waals surface area contributed by atoms with Crippen molar-refractivity contribution in [3.63, 3.8) is 0 Å². The monoisotopic (exact) mass is 150 g/mol. The Hall–Kier alpha value is -0.520. The van der Waals surface area contributed by atoms with Crippen LogP contribution in [0.5, 0.6) is 0 Å². The third-order valence-corrected chi connectivity index (χ3v) is 2.32. The van der Waals surface area contributed by atoms with Gasteiger partial charge in [0.1, 0.15) is 0 Å². The molecule has 0 aliphatic heterocycles. The Labute approximate surface area is 70.0 Å². The van der Waals surface area contributed by atoms with Crippen molar-refractivity contribution in [3.05, 3.63) is 23.3 Å². The first kappa shape index (κ1) is 8.58. The highest BCUT2D eigenvalue weighted by molar-refractivity contribution is 5.28. The summed E-state index contributed by atoms with van der Waals surface area (Å²) < 4.78 is 0. The third kappa shape index (κ3) is 2.53. The molecule has 0 heterocycles. The fourth-order valence-corrected chi connectivity index (χ4v) is 1.54. The summed E-state index contributed by atoms with van der Waals surface area (Å²) in [7, 11) is 0. The van der Waals surface area contributed by atoms with E-state index in [1.165, 1.54) is 32.1 Å². The molecule has 11 heavy (non-hydrogen) atoms. The van der Waals surface area contributed by atoms with E-state index >= 15 is 0 Å². The van der Waals surface area contributed by atoms with E-state index in [-0.39, 0.29) is 0 Å². The van der Waals surface area contributed by atoms with Gasteiger partial charge in [0, 0.05) is 0 Å². The van der Waals surface area contributed by atoms with E-state index < -0.39 is 0 Å². The highest BCUT2D eigenvalue weighted by atomic mass is 14.1. The molecule has 0 saturated heterocycles. The van der Waals surface area contributed by atoms with Crippen molar-refractivity contribution in [1.82, 2.24) is 0 Å². The summed E-state index contributed by atoms with van der Waals surface area (Å²) >= 11 is 0. The Morgan fingerprint density at radius 3 is 2.73 bits per heavy atom. The molecule has 0 amide bonds. The van der Waals surface area contributed by atoms with Gasteiger partial charge in [0.2, 0.25) is 0 Å². The maximum Gasteiger partial charge on any atom is -0.0276 e. The fourth-order valence-electron chi connectivity index (χ4n) is 1.54. The summed E-state index contributed by atoms with van der Waals surface area (Å²) in [5.41, 5.74) is 3.20. The maximum absolute atomic E-state index is 2.33. The molecule has 0 bridgehead atoms. The largest absolute Gasteiger partial charge is 0.0843 e. The molecule has 0 heteroatoms. The zero-order chi connectivity index (χ0) is 8.10. The summed E-state index contributed by atoms with van der Waals surface area (Å²) in [5, 5.41) is 0. The zero-order valence-corrected chi connectivity index (χ0v) is 7.69. The van der Waals surface area contributed by atoms with Crippen LogP contribution in [0.15, 0.2) is 23.3 Å². The van der Waals surface area contributed by atoms with Crippen molar-refractivity contribution in [2.75, 3.05) is 0 Å². The van der Waals surface area contributed by atoms with E-state index in [1.54, 1.807) is 11.1 Å². The highest BCUT2D eigenvalue weighted by Gasteiger charge is 2.06. The first-order chi connectivity index (χ1) is 5.34. The summed E-state index contributed by atoms with van der Waals surface area (Å²) in [4.78, 5) is 0. The molecule has 0 nitrogen and oxygen atoms in total. The Kier molecular flexibility index (Phi) is 3.41. The predicted molar refractivity (Wildman–Crippen MR) is 50.6 cm³/mol. The predicted octanol–water partition coefficient (Wildman–Crippen LogP) is 3.84. The standard InChI is InChI=1S/C11H18/c1-3-4-5-8-11-9-6-7-10(11)2/h5,8H,3-4,6-7,9H2,1-2H3. The molecule has 62 valence electrons. The lowest BCUT2D eigenvalue weighted by Gasteiger charge is -1.93. The minimum atomic E-state index is 1.23. The number of hydrogen-bond acceptors (Lipinski definition) is 0. The maximum atomic E-state index is 2.33. The van der Waals surface area contributed by atoms with E-state index in [9.17, 15) is 0 Å². The number of hydrogen-bond donors (Lipinski definition) is 0. The minimum Gasteiger partial charge on any atom is -0.0843 e. The first-order valence-corrected chi connectivity index (χ1v) is 4.69. The number of allylic oxidation sites excluding steroid dienone is 4. The van der Waals surface area contributed by atoms with Crippen LogP contribution in [0.4, 0.5) is 0 Å². The van der Waals surface area contributed by atoms with Crippen molar-refractivity contribution >= 4 is 0 Å². The van der Waals surface area contributed by atoms with Crippen LogP contribution in [0, 0.1) is 0 Å². The molecule has 0 aromatic heterocycles. The lowest BCUT2D eigenvalue weighted by Crippen LogP contribution is -1.73. The summed E-state index contributed by atoms with van der Waals surface area (Å²) in [6.07, 6.45) is 11.1. The van der Waals surface area contributed by atoms with Crippen molar-refractivity contribution in [1.29, 1.82) is 0 Å². The van der Waals surface area contributed by atoms with Gasteiger partial charge in [0.05, 0.1) is 0 Å². The molecule has 0 aromatic carbocycles. The molecular formula is C11H18. The summed E-state index contributed by atoms with van der Waals surface area (Å²) in [5.74, 6) is 0. The Bertz CT molecular complexity index is 172. The van der Waals surface area contributed by atoms with Gasteiger partial charge >= 0.3 is 0 Å². The number of rotatable bonds is 3. The Morgan fingerprint density at radius 2 is 2.18 bits per heavy atom. The minimum absolute atomic E-state index is 1.23. The van der Waals surface area contributed by atoms with Crippen LogP contribution < -0.4 is 0 Å². The highest BCUT2D eigenvalue weighted by Crippen LogP contribution is 2.26. The van der Waals surface area contributed by atoms with Gasteiger partial charge in [-0.25, -0.2) is 0 Å². The van der Waals surface area contributed by atoms with Gasteiger partial charge in [-0.15, -0.1) is 0 Å². The van der Waals surface area contributed by atoms with Gasteiger partial charge in [-0.1, -0.05) is 31.1 Å². The lowest BCUT2D eigenvalue weighted by molar-refractivity contribution is 0.897. The smallest absolute Gasteiger partial charge is 0.0276 e. The van der Waals surface area contributed by atoms with Crippen LogP contribution in [0.1, 0.15) is 46.0 Å². The van der Waals surface area contributed by atoms with Crippen LogP contribution in [-0.2, 0) is 0 Å². The van der Waals surface area contributed by atoms with Crippen molar-refractivity contribution in [2.45, 2.75) is 46.0 Å². The second kappa shape index (κ2) is 4.38. The molecule has 0 unspecified atom stereocenters. The zero-order valence-electron chi connectivity index (χ0n) is 7.69. The van der Waals surface area contributed by atoms with E-state index in [0.717, 1.165) is 0 Å². The molecule has 1 aliphatic rings. The molecule has 0 radical (unpaired) electrons. The normalized spacial score (nSPS) is 18.7. The van der Waals surface area contributed by atoms with Gasteiger partial charge in [-0.2, -0.15) is 0 Å². The van der Waals surface area contributed by atoms with Crippen LogP contribution in [-0.4, -0.2) is 0 Å². The molecular weight excluding hydrogens is 132 g/mol. The molecule has 1 aliphatic carbocycles. The molecule has 0 spiro atoms. The molecule has 0 atom stereocenters. The lowest BCUT2D eigenvalue weighted by atomic mass is 10.1. The van der Waals surface area contributed by atoms with Crippen LogP contribution >= 0.6 is 0 Å². The van der Waals surface area contributed by atoms with E-state index in [2.05, 4.69) is 26.0 Å². The number of unbranched alkanes of at least 4 members (excludes halogenated alkanes) is 1. The van der Waals surface area contributed by atoms with Gasteiger partial charge < -0.3 is 0 Å². The van der Waals surface area contributed by atoms with Gasteiger partial charge in [0.15, 0.2) is 0 Å². The summed E-state index contributed by atoms with van der Waals surface area (Å²) in [6.45, 7) is 4.48. The molecule has 1 rings (SSSR count). The third-order valence-electron chi connectivity index (χ3n) is 2.32. The van der Waals surface area contributed by atoms with Crippen LogP contribution in [0.25, 0.3) is 0 Å². The van der Waals surface area contributed by atoms with Crippen LogP contribution in [0.3, 0.4) is 0 Å². The van der Waals surface area contributed by atoms with E-state index in [1.807, 2.05) is 0 Å². The van der Waals surface area contributed by atoms with Gasteiger partial charge in [0.25, 0.3) is 0 Å². The topological polar surface area (TPSA) is 0 Å². The van der Waals surface area contributed by atoms with E-state index in [4.69, 9.17) is 0 Å². The van der Waals surface area contributed by atoms with Crippen molar-refractivity contribution in [2.24, 2.45) is 0 Å². The van der Waals surface area contributed by atoms with Crippen LogP contribution in [0.2, 0.25) is 0 Å². The van der Waals surface area contributed by atoms with Gasteiger partial charge in [-0.3, -0.25) is 0 Å². The second-order valence-electron chi connectivity index (χ2n) is 3.35. The van der Waals surface area contributed by atoms with Crippen molar-refractivity contribution in [3.8, 4) is 0 Å². The Morgan fingerprint density at radius 1 is 1.36 bits per heavy atom. The second-order valence-corrected chi connectivity index (χ2v) is 3.35. The SMILES string of the molecule is CCCC=CC1=C(C)CCC1. The fraction of sp³-hybridized carbons (Fsp3) is 0.636. The summed E-state index contributed by atoms with van der Waals surface area (Å²) in [6, 6.07) is 0. The van der Waals surface area contributed by atoms with E-state index in [0.29, 0.717) is 0 Å². The average Bonchev–Trinajstić information content (AvgIpc) is 2.37. The molecule has 0 saturated carbocycles. The average molecular weight is 150 g/mol. The quantitative estimate of drug-likeness (QED) is 0.573. The molecule has 0 N–H and O–H groups in total. The van der Waals surface area contributed by atoms with Gasteiger partial charge in [-0.05, 0) is 38.2 Å².